The topological polar surface area (TPSA) is 69.3 Å². The van der Waals surface area contributed by atoms with E-state index in [0.29, 0.717) is 21.6 Å². The van der Waals surface area contributed by atoms with E-state index in [4.69, 9.17) is 0 Å². The number of nitrogens with zero attached hydrogens (tertiary/aromatic N) is 4. The third-order valence-electron chi connectivity index (χ3n) is 4.77. The summed E-state index contributed by atoms with van der Waals surface area (Å²) in [4.78, 5) is 36.1. The van der Waals surface area contributed by atoms with Crippen LogP contribution in [0.25, 0.3) is 26.3 Å². The molecule has 0 aliphatic heterocycles. The lowest BCUT2D eigenvalue weighted by atomic mass is 10.2. The van der Waals surface area contributed by atoms with Crippen molar-refractivity contribution in [2.45, 2.75) is 13.5 Å². The van der Waals surface area contributed by atoms with Crippen LogP contribution in [0.3, 0.4) is 0 Å². The van der Waals surface area contributed by atoms with Gasteiger partial charge < -0.3 is 0 Å². The SMILES string of the molecule is Cc1ccc2nc(Cn3cnc4sc(-c5ccccc5)cc4c3=O)cc(=O)n2c1. The largest absolute Gasteiger partial charge is 0.293 e. The molecule has 1 aromatic carbocycles. The molecule has 0 amide bonds. The number of hydrogen-bond acceptors (Lipinski definition) is 5. The molecular formula is C22H16N4O2S. The lowest BCUT2D eigenvalue weighted by molar-refractivity contribution is 0.727. The second-order valence-corrected chi connectivity index (χ2v) is 7.92. The van der Waals surface area contributed by atoms with Gasteiger partial charge in [-0.15, -0.1) is 11.3 Å². The van der Waals surface area contributed by atoms with Crippen LogP contribution in [-0.4, -0.2) is 18.9 Å². The van der Waals surface area contributed by atoms with E-state index < -0.39 is 0 Å². The third-order valence-corrected chi connectivity index (χ3v) is 5.86. The molecule has 29 heavy (non-hydrogen) atoms. The van der Waals surface area contributed by atoms with Gasteiger partial charge in [0.15, 0.2) is 0 Å². The van der Waals surface area contributed by atoms with Crippen molar-refractivity contribution in [3.05, 3.63) is 99.1 Å². The van der Waals surface area contributed by atoms with Crippen molar-refractivity contribution in [3.63, 3.8) is 0 Å². The number of pyridine rings is 1. The maximum absolute atomic E-state index is 13.0. The maximum atomic E-state index is 13.0. The Bertz CT molecular complexity index is 1480. The Morgan fingerprint density at radius 3 is 2.69 bits per heavy atom. The van der Waals surface area contributed by atoms with Crippen LogP contribution in [-0.2, 0) is 6.54 Å². The van der Waals surface area contributed by atoms with Crippen LogP contribution in [0.2, 0.25) is 0 Å². The molecule has 0 N–H and O–H groups in total. The van der Waals surface area contributed by atoms with E-state index in [-0.39, 0.29) is 17.7 Å². The van der Waals surface area contributed by atoms with Crippen molar-refractivity contribution in [2.24, 2.45) is 0 Å². The summed E-state index contributed by atoms with van der Waals surface area (Å²) in [5.74, 6) is 0. The molecule has 0 bridgehead atoms. The normalized spacial score (nSPS) is 11.3. The Kier molecular flexibility index (Phi) is 4.10. The molecule has 0 unspecified atom stereocenters. The number of rotatable bonds is 3. The minimum absolute atomic E-state index is 0.140. The van der Waals surface area contributed by atoms with Gasteiger partial charge in [0.25, 0.3) is 11.1 Å². The van der Waals surface area contributed by atoms with Crippen molar-refractivity contribution in [2.75, 3.05) is 0 Å². The highest BCUT2D eigenvalue weighted by Gasteiger charge is 2.12. The molecule has 4 aromatic heterocycles. The second kappa shape index (κ2) is 6.79. The van der Waals surface area contributed by atoms with Crippen LogP contribution in [0.5, 0.6) is 0 Å². The molecule has 6 nitrogen and oxygen atoms in total. The molecule has 5 rings (SSSR count). The first kappa shape index (κ1) is 17.5. The second-order valence-electron chi connectivity index (χ2n) is 6.89. The minimum atomic E-state index is -0.169. The number of benzene rings is 1. The first-order chi connectivity index (χ1) is 14.1. The van der Waals surface area contributed by atoms with Crippen molar-refractivity contribution in [3.8, 4) is 10.4 Å². The summed E-state index contributed by atoms with van der Waals surface area (Å²) in [7, 11) is 0. The Balaban J connectivity index is 1.57. The molecule has 4 heterocycles. The highest BCUT2D eigenvalue weighted by Crippen LogP contribution is 2.30. The Morgan fingerprint density at radius 1 is 1.03 bits per heavy atom. The molecule has 7 heteroatoms. The van der Waals surface area contributed by atoms with E-state index in [0.717, 1.165) is 16.0 Å². The lowest BCUT2D eigenvalue weighted by Gasteiger charge is -2.07. The maximum Gasteiger partial charge on any atom is 0.262 e. The Labute approximate surface area is 169 Å². The summed E-state index contributed by atoms with van der Waals surface area (Å²) < 4.78 is 3.00. The van der Waals surface area contributed by atoms with Gasteiger partial charge in [-0.25, -0.2) is 9.97 Å². The van der Waals surface area contributed by atoms with E-state index in [1.807, 2.05) is 49.4 Å². The quantitative estimate of drug-likeness (QED) is 0.465. The average Bonchev–Trinajstić information content (AvgIpc) is 3.17. The van der Waals surface area contributed by atoms with E-state index in [2.05, 4.69) is 9.97 Å². The van der Waals surface area contributed by atoms with Crippen molar-refractivity contribution in [1.82, 2.24) is 18.9 Å². The molecule has 0 atom stereocenters. The molecule has 5 aromatic rings. The molecule has 0 radical (unpaired) electrons. The molecule has 0 spiro atoms. The predicted octanol–water partition coefficient (Wildman–Crippen LogP) is 3.49. The smallest absolute Gasteiger partial charge is 0.262 e. The van der Waals surface area contributed by atoms with Crippen LogP contribution < -0.4 is 11.1 Å². The number of aromatic nitrogens is 4. The molecule has 0 aliphatic carbocycles. The third kappa shape index (κ3) is 3.15. The van der Waals surface area contributed by atoms with Crippen LogP contribution in [0, 0.1) is 6.92 Å². The number of thiophene rings is 1. The summed E-state index contributed by atoms with van der Waals surface area (Å²) in [6.45, 7) is 2.11. The number of fused-ring (bicyclic) bond motifs is 2. The number of hydrogen-bond donors (Lipinski definition) is 0. The van der Waals surface area contributed by atoms with Gasteiger partial charge in [0, 0.05) is 17.1 Å². The van der Waals surface area contributed by atoms with Crippen molar-refractivity contribution in [1.29, 1.82) is 0 Å². The van der Waals surface area contributed by atoms with Gasteiger partial charge >= 0.3 is 0 Å². The van der Waals surface area contributed by atoms with Crippen LogP contribution in [0.15, 0.2) is 76.7 Å². The van der Waals surface area contributed by atoms with Gasteiger partial charge in [0.2, 0.25) is 0 Å². The minimum Gasteiger partial charge on any atom is -0.293 e. The summed E-state index contributed by atoms with van der Waals surface area (Å²) >= 11 is 1.49. The molecular weight excluding hydrogens is 384 g/mol. The first-order valence-corrected chi connectivity index (χ1v) is 9.93. The summed E-state index contributed by atoms with van der Waals surface area (Å²) in [5, 5.41) is 0.574. The molecule has 0 saturated carbocycles. The van der Waals surface area contributed by atoms with Crippen LogP contribution >= 0.6 is 11.3 Å². The molecule has 0 saturated heterocycles. The fourth-order valence-corrected chi connectivity index (χ4v) is 4.33. The van der Waals surface area contributed by atoms with Gasteiger partial charge in [-0.2, -0.15) is 0 Å². The standard InChI is InChI=1S/C22H16N4O2S/c1-14-7-8-19-24-16(9-20(27)26(19)11-14)12-25-13-23-21-17(22(25)28)10-18(29-21)15-5-3-2-4-6-15/h2-11,13H,12H2,1H3. The first-order valence-electron chi connectivity index (χ1n) is 9.12. The highest BCUT2D eigenvalue weighted by atomic mass is 32.1. The van der Waals surface area contributed by atoms with E-state index in [1.54, 1.807) is 12.3 Å². The van der Waals surface area contributed by atoms with E-state index >= 15 is 0 Å². The van der Waals surface area contributed by atoms with E-state index in [9.17, 15) is 9.59 Å². The summed E-state index contributed by atoms with van der Waals surface area (Å²) in [6.07, 6.45) is 3.28. The Hall–Kier alpha value is -3.58. The number of aryl methyl sites for hydroxylation is 1. The van der Waals surface area contributed by atoms with Crippen molar-refractivity contribution >= 4 is 27.2 Å². The average molecular weight is 400 g/mol. The molecule has 142 valence electrons. The van der Waals surface area contributed by atoms with Crippen LogP contribution in [0.1, 0.15) is 11.3 Å². The monoisotopic (exact) mass is 400 g/mol. The summed E-state index contributed by atoms with van der Waals surface area (Å²) in [6, 6.07) is 17.0. The summed E-state index contributed by atoms with van der Waals surface area (Å²) in [5.41, 5.74) is 2.81. The fraction of sp³-hybridized carbons (Fsp3) is 0.0909. The van der Waals surface area contributed by atoms with E-state index in [1.165, 1.54) is 32.7 Å². The lowest BCUT2D eigenvalue weighted by Crippen LogP contribution is -2.23. The van der Waals surface area contributed by atoms with Gasteiger partial charge in [-0.05, 0) is 30.2 Å². The Morgan fingerprint density at radius 2 is 1.86 bits per heavy atom. The van der Waals surface area contributed by atoms with Crippen LogP contribution in [0.4, 0.5) is 0 Å². The highest BCUT2D eigenvalue weighted by molar-refractivity contribution is 7.21. The zero-order valence-corrected chi connectivity index (χ0v) is 16.4. The molecule has 0 aliphatic rings. The van der Waals surface area contributed by atoms with Gasteiger partial charge in [0.05, 0.1) is 24.0 Å². The zero-order chi connectivity index (χ0) is 20.0. The van der Waals surface area contributed by atoms with Gasteiger partial charge in [-0.3, -0.25) is 18.6 Å². The fourth-order valence-electron chi connectivity index (χ4n) is 3.33. The zero-order valence-electron chi connectivity index (χ0n) is 15.6. The predicted molar refractivity (Wildman–Crippen MR) is 115 cm³/mol. The van der Waals surface area contributed by atoms with Crippen molar-refractivity contribution < 1.29 is 0 Å². The molecule has 0 fully saturated rings. The van der Waals surface area contributed by atoms with Gasteiger partial charge in [0.1, 0.15) is 10.5 Å². The van der Waals surface area contributed by atoms with Gasteiger partial charge in [-0.1, -0.05) is 36.4 Å².